The van der Waals surface area contributed by atoms with Gasteiger partial charge in [-0.05, 0) is 5.41 Å². The van der Waals surface area contributed by atoms with Crippen molar-refractivity contribution in [3.8, 4) is 0 Å². The zero-order valence-corrected chi connectivity index (χ0v) is 10.3. The molecular weight excluding hydrogens is 139 g/mol. The largest absolute Gasteiger partial charge is 1.00 e. The molecule has 0 bridgehead atoms. The van der Waals surface area contributed by atoms with Crippen molar-refractivity contribution in [3.05, 3.63) is 0 Å². The van der Waals surface area contributed by atoms with Crippen molar-refractivity contribution in [2.24, 2.45) is 5.41 Å². The van der Waals surface area contributed by atoms with E-state index < -0.39 is 6.10 Å². The van der Waals surface area contributed by atoms with Crippen LogP contribution in [0, 0.1) is 5.41 Å². The average molecular weight is 154 g/mol. The first-order valence-electron chi connectivity index (χ1n) is 3.16. The Morgan fingerprint density at radius 2 is 1.78 bits per heavy atom. The van der Waals surface area contributed by atoms with Gasteiger partial charge in [0.05, 0.1) is 0 Å². The fourth-order valence-corrected chi connectivity index (χ4v) is 0.287. The molecule has 0 amide bonds. The van der Waals surface area contributed by atoms with E-state index in [1.165, 1.54) is 0 Å². The second kappa shape index (κ2) is 5.27. The topological polar surface area (TPSA) is 23.1 Å². The maximum absolute atomic E-state index is 10.8. The van der Waals surface area contributed by atoms with E-state index in [0.29, 0.717) is 0 Å². The molecule has 0 heterocycles. The third-order valence-electron chi connectivity index (χ3n) is 2.01. The second-order valence-electron chi connectivity index (χ2n) is 2.98. The SMILES string of the molecule is CCC(C)(C)C(C)[O-].[K+]. The summed E-state index contributed by atoms with van der Waals surface area (Å²) in [6, 6.07) is 0. The van der Waals surface area contributed by atoms with Gasteiger partial charge in [-0.3, -0.25) is 0 Å². The van der Waals surface area contributed by atoms with Crippen molar-refractivity contribution in [1.82, 2.24) is 0 Å². The van der Waals surface area contributed by atoms with Crippen LogP contribution in [0.3, 0.4) is 0 Å². The molecule has 0 saturated heterocycles. The van der Waals surface area contributed by atoms with Crippen molar-refractivity contribution in [2.45, 2.75) is 40.2 Å². The van der Waals surface area contributed by atoms with Crippen molar-refractivity contribution >= 4 is 0 Å². The van der Waals surface area contributed by atoms with Crippen LogP contribution in [0.4, 0.5) is 0 Å². The number of hydrogen-bond donors (Lipinski definition) is 0. The fourth-order valence-electron chi connectivity index (χ4n) is 0.287. The molecule has 0 saturated carbocycles. The summed E-state index contributed by atoms with van der Waals surface area (Å²) in [6.07, 6.45) is 0.532. The molecule has 0 aromatic rings. The van der Waals surface area contributed by atoms with Gasteiger partial charge in [-0.1, -0.05) is 34.1 Å². The molecule has 0 fully saturated rings. The van der Waals surface area contributed by atoms with E-state index in [1.807, 2.05) is 13.8 Å². The average Bonchev–Trinajstić information content (AvgIpc) is 1.67. The third-order valence-corrected chi connectivity index (χ3v) is 2.01. The monoisotopic (exact) mass is 154 g/mol. The van der Waals surface area contributed by atoms with Gasteiger partial charge in [0, 0.05) is 0 Å². The molecule has 1 unspecified atom stereocenters. The minimum Gasteiger partial charge on any atom is -0.852 e. The van der Waals surface area contributed by atoms with Crippen LogP contribution in [0.5, 0.6) is 0 Å². The summed E-state index contributed by atoms with van der Waals surface area (Å²) in [7, 11) is 0. The molecule has 50 valence electrons. The maximum atomic E-state index is 10.8. The Bertz CT molecular complexity index is 69.3. The molecule has 0 N–H and O–H groups in total. The van der Waals surface area contributed by atoms with Crippen LogP contribution in [0.1, 0.15) is 34.1 Å². The third kappa shape index (κ3) is 4.93. The van der Waals surface area contributed by atoms with Crippen LogP contribution in [0.2, 0.25) is 0 Å². The minimum atomic E-state index is -0.438. The Balaban J connectivity index is 0. The fraction of sp³-hybridized carbons (Fsp3) is 1.00. The van der Waals surface area contributed by atoms with Gasteiger partial charge in [-0.15, -0.1) is 6.10 Å². The zero-order valence-electron chi connectivity index (χ0n) is 7.19. The molecule has 0 spiro atoms. The van der Waals surface area contributed by atoms with Crippen LogP contribution < -0.4 is 56.5 Å². The van der Waals surface area contributed by atoms with Crippen LogP contribution >= 0.6 is 0 Å². The molecule has 2 heteroatoms. The molecule has 0 aliphatic carbocycles. The molecule has 9 heavy (non-hydrogen) atoms. The van der Waals surface area contributed by atoms with Crippen molar-refractivity contribution in [1.29, 1.82) is 0 Å². The molecule has 0 aliphatic heterocycles. The van der Waals surface area contributed by atoms with E-state index in [4.69, 9.17) is 0 Å². The van der Waals surface area contributed by atoms with Crippen LogP contribution in [0.15, 0.2) is 0 Å². The summed E-state index contributed by atoms with van der Waals surface area (Å²) in [5.74, 6) is 0. The Hall–Kier alpha value is 1.60. The van der Waals surface area contributed by atoms with Gasteiger partial charge in [0.1, 0.15) is 0 Å². The molecular formula is C7H15KO. The Kier molecular flexibility index (Phi) is 7.74. The van der Waals surface area contributed by atoms with E-state index in [9.17, 15) is 5.11 Å². The smallest absolute Gasteiger partial charge is 0.852 e. The Morgan fingerprint density at radius 1 is 1.44 bits per heavy atom. The minimum absolute atomic E-state index is 0. The number of rotatable bonds is 2. The normalized spacial score (nSPS) is 14.3. The van der Waals surface area contributed by atoms with E-state index in [0.717, 1.165) is 6.42 Å². The summed E-state index contributed by atoms with van der Waals surface area (Å²) in [5, 5.41) is 10.8. The van der Waals surface area contributed by atoms with Gasteiger partial charge >= 0.3 is 51.4 Å². The van der Waals surface area contributed by atoms with Crippen LogP contribution in [-0.2, 0) is 0 Å². The van der Waals surface area contributed by atoms with E-state index in [-0.39, 0.29) is 56.8 Å². The molecule has 1 atom stereocenters. The van der Waals surface area contributed by atoms with Gasteiger partial charge in [0.2, 0.25) is 0 Å². The first-order valence-corrected chi connectivity index (χ1v) is 3.16. The molecule has 0 aromatic heterocycles. The number of hydrogen-bond acceptors (Lipinski definition) is 1. The zero-order chi connectivity index (χ0) is 6.78. The summed E-state index contributed by atoms with van der Waals surface area (Å²) in [5.41, 5.74) is -0.0139. The molecule has 1 nitrogen and oxygen atoms in total. The van der Waals surface area contributed by atoms with E-state index >= 15 is 0 Å². The molecule has 0 aromatic carbocycles. The first-order chi connectivity index (χ1) is 3.50. The van der Waals surface area contributed by atoms with Gasteiger partial charge < -0.3 is 5.11 Å². The van der Waals surface area contributed by atoms with E-state index in [2.05, 4.69) is 6.92 Å². The standard InChI is InChI=1S/C7H15O.K/c1-5-7(3,4)6(2)8;/h6H,5H2,1-4H3;/q-1;+1. The first kappa shape index (κ1) is 13.2. The Labute approximate surface area is 101 Å². The van der Waals surface area contributed by atoms with Gasteiger partial charge in [0.15, 0.2) is 0 Å². The van der Waals surface area contributed by atoms with Gasteiger partial charge in [-0.25, -0.2) is 0 Å². The van der Waals surface area contributed by atoms with Crippen LogP contribution in [0.25, 0.3) is 0 Å². The van der Waals surface area contributed by atoms with Gasteiger partial charge in [-0.2, -0.15) is 0 Å². The van der Waals surface area contributed by atoms with Gasteiger partial charge in [0.25, 0.3) is 0 Å². The summed E-state index contributed by atoms with van der Waals surface area (Å²) in [6.45, 7) is 7.78. The quantitative estimate of drug-likeness (QED) is 0.429. The molecule has 0 rings (SSSR count). The summed E-state index contributed by atoms with van der Waals surface area (Å²) in [4.78, 5) is 0. The van der Waals surface area contributed by atoms with Crippen molar-refractivity contribution in [3.63, 3.8) is 0 Å². The maximum Gasteiger partial charge on any atom is 1.00 e. The molecule has 0 radical (unpaired) electrons. The predicted octanol–water partition coefficient (Wildman–Crippen LogP) is -1.82. The van der Waals surface area contributed by atoms with Crippen LogP contribution in [-0.4, -0.2) is 6.10 Å². The second-order valence-corrected chi connectivity index (χ2v) is 2.98. The Morgan fingerprint density at radius 3 is 1.78 bits per heavy atom. The predicted molar refractivity (Wildman–Crippen MR) is 33.5 cm³/mol. The van der Waals surface area contributed by atoms with Crippen molar-refractivity contribution in [2.75, 3.05) is 0 Å². The van der Waals surface area contributed by atoms with Crippen molar-refractivity contribution < 1.29 is 56.5 Å². The summed E-state index contributed by atoms with van der Waals surface area (Å²) >= 11 is 0. The van der Waals surface area contributed by atoms with E-state index in [1.54, 1.807) is 6.92 Å². The summed E-state index contributed by atoms with van der Waals surface area (Å²) < 4.78 is 0. The molecule has 0 aliphatic rings.